The summed E-state index contributed by atoms with van der Waals surface area (Å²) in [4.78, 5) is 29.2. The van der Waals surface area contributed by atoms with E-state index in [0.29, 0.717) is 0 Å². The first kappa shape index (κ1) is 16.3. The van der Waals surface area contributed by atoms with Gasteiger partial charge in [-0.1, -0.05) is 0 Å². The van der Waals surface area contributed by atoms with Crippen molar-refractivity contribution in [1.82, 2.24) is 9.96 Å². The van der Waals surface area contributed by atoms with E-state index in [1.807, 2.05) is 0 Å². The molecule has 1 atom stereocenters. The number of carbonyl (C=O) groups excluding carboxylic acids is 1. The smallest absolute Gasteiger partial charge is 0.408 e. The minimum absolute atomic E-state index is 0.00387. The van der Waals surface area contributed by atoms with E-state index in [4.69, 9.17) is 11.3 Å². The largest absolute Gasteiger partial charge is 0.465 e. The average Bonchev–Trinajstić information content (AvgIpc) is 2.24. The Labute approximate surface area is 107 Å². The van der Waals surface area contributed by atoms with Crippen LogP contribution >= 0.6 is 0 Å². The summed E-state index contributed by atoms with van der Waals surface area (Å²) < 4.78 is 0. The number of likely N-dealkylation sites (N-methyl/N-ethyl adjacent to an activating group) is 1. The van der Waals surface area contributed by atoms with Crippen molar-refractivity contribution < 1.29 is 19.5 Å². The summed E-state index contributed by atoms with van der Waals surface area (Å²) in [6.07, 6.45) is 4.01. The summed E-state index contributed by atoms with van der Waals surface area (Å²) in [6, 6.07) is -0.961. The summed E-state index contributed by atoms with van der Waals surface area (Å²) in [5.41, 5.74) is -0.739. The molecule has 0 saturated carbocycles. The third-order valence-corrected chi connectivity index (χ3v) is 2.42. The van der Waals surface area contributed by atoms with Crippen molar-refractivity contribution in [2.75, 3.05) is 14.2 Å². The number of rotatable bonds is 4. The third-order valence-electron chi connectivity index (χ3n) is 2.42. The quantitative estimate of drug-likeness (QED) is 0.605. The van der Waals surface area contributed by atoms with Gasteiger partial charge in [0, 0.05) is 19.0 Å². The maximum absolute atomic E-state index is 12.1. The monoisotopic (exact) mass is 256 g/mol. The van der Waals surface area contributed by atoms with Gasteiger partial charge in [0.2, 0.25) is 0 Å². The van der Waals surface area contributed by atoms with Gasteiger partial charge in [-0.2, -0.15) is 0 Å². The zero-order valence-electron chi connectivity index (χ0n) is 11.4. The number of carboxylic acid groups (broad SMARTS) is 1. The highest BCUT2D eigenvalue weighted by Gasteiger charge is 2.38. The van der Waals surface area contributed by atoms with E-state index in [-0.39, 0.29) is 6.42 Å². The first-order chi connectivity index (χ1) is 8.16. The van der Waals surface area contributed by atoms with Crippen molar-refractivity contribution in [3.05, 3.63) is 0 Å². The zero-order valence-corrected chi connectivity index (χ0v) is 11.4. The van der Waals surface area contributed by atoms with Gasteiger partial charge in [0.1, 0.15) is 6.04 Å². The Hall–Kier alpha value is -1.74. The Balaban J connectivity index is 5.37. The molecule has 102 valence electrons. The lowest BCUT2D eigenvalue weighted by atomic mass is 10.0. The van der Waals surface area contributed by atoms with Gasteiger partial charge in [-0.05, 0) is 20.8 Å². The van der Waals surface area contributed by atoms with E-state index in [0.717, 1.165) is 9.96 Å². The van der Waals surface area contributed by atoms with Crippen molar-refractivity contribution in [3.63, 3.8) is 0 Å². The molecule has 6 heteroatoms. The molecular weight excluding hydrogens is 236 g/mol. The standard InChI is InChI=1S/C12H20N2O4/c1-7-8-9(10(15)13(5)18-6)14(11(16)17)12(2,3)4/h1,9H,8H2,2-6H3,(H,16,17). The highest BCUT2D eigenvalue weighted by molar-refractivity contribution is 5.85. The molecule has 0 aliphatic carbocycles. The molecule has 18 heavy (non-hydrogen) atoms. The second-order valence-corrected chi connectivity index (χ2v) is 4.77. The highest BCUT2D eigenvalue weighted by Crippen LogP contribution is 2.20. The molecule has 0 aliphatic rings. The number of amides is 2. The number of nitrogens with zero attached hydrogens (tertiary/aromatic N) is 2. The normalized spacial score (nSPS) is 12.4. The van der Waals surface area contributed by atoms with Crippen LogP contribution in [0.25, 0.3) is 0 Å². The Kier molecular flexibility index (Phi) is 5.66. The topological polar surface area (TPSA) is 70.1 Å². The fraction of sp³-hybridized carbons (Fsp3) is 0.667. The molecule has 0 bridgehead atoms. The Morgan fingerprint density at radius 2 is 1.94 bits per heavy atom. The van der Waals surface area contributed by atoms with Gasteiger partial charge in [0.05, 0.1) is 7.11 Å². The summed E-state index contributed by atoms with van der Waals surface area (Å²) in [6.45, 7) is 5.10. The molecule has 0 fully saturated rings. The van der Waals surface area contributed by atoms with Crippen LogP contribution in [-0.4, -0.2) is 52.8 Å². The predicted molar refractivity (Wildman–Crippen MR) is 66.6 cm³/mol. The molecule has 0 rings (SSSR count). The van der Waals surface area contributed by atoms with Gasteiger partial charge in [-0.3, -0.25) is 14.5 Å². The average molecular weight is 256 g/mol. The Morgan fingerprint density at radius 3 is 2.22 bits per heavy atom. The highest BCUT2D eigenvalue weighted by atomic mass is 16.7. The lowest BCUT2D eigenvalue weighted by molar-refractivity contribution is -0.175. The SMILES string of the molecule is C#CCC(C(=O)N(C)OC)N(C(=O)O)C(C)(C)C. The fourth-order valence-corrected chi connectivity index (χ4v) is 1.59. The molecular formula is C12H20N2O4. The fourth-order valence-electron chi connectivity index (χ4n) is 1.59. The number of hydrogen-bond donors (Lipinski definition) is 1. The van der Waals surface area contributed by atoms with E-state index in [2.05, 4.69) is 5.92 Å². The molecule has 0 aromatic carbocycles. The van der Waals surface area contributed by atoms with Crippen LogP contribution in [0.1, 0.15) is 27.2 Å². The van der Waals surface area contributed by atoms with Crippen LogP contribution in [0.2, 0.25) is 0 Å². The summed E-state index contributed by atoms with van der Waals surface area (Å²) >= 11 is 0. The van der Waals surface area contributed by atoms with Crippen LogP contribution in [0.4, 0.5) is 4.79 Å². The van der Waals surface area contributed by atoms with Crippen LogP contribution in [0.15, 0.2) is 0 Å². The molecule has 2 amide bonds. The summed E-state index contributed by atoms with van der Waals surface area (Å²) in [5.74, 6) is 1.83. The van der Waals surface area contributed by atoms with E-state index in [1.165, 1.54) is 14.2 Å². The van der Waals surface area contributed by atoms with Crippen molar-refractivity contribution in [2.24, 2.45) is 0 Å². The van der Waals surface area contributed by atoms with E-state index < -0.39 is 23.6 Å². The van der Waals surface area contributed by atoms with Gasteiger partial charge >= 0.3 is 6.09 Å². The molecule has 0 saturated heterocycles. The molecule has 0 spiro atoms. The van der Waals surface area contributed by atoms with Crippen LogP contribution < -0.4 is 0 Å². The second-order valence-electron chi connectivity index (χ2n) is 4.77. The van der Waals surface area contributed by atoms with Gasteiger partial charge < -0.3 is 5.11 Å². The minimum Gasteiger partial charge on any atom is -0.465 e. The lowest BCUT2D eigenvalue weighted by Crippen LogP contribution is -2.56. The van der Waals surface area contributed by atoms with Crippen LogP contribution in [0.5, 0.6) is 0 Å². The second kappa shape index (κ2) is 6.26. The maximum Gasteiger partial charge on any atom is 0.408 e. The number of hydrogen-bond acceptors (Lipinski definition) is 3. The first-order valence-electron chi connectivity index (χ1n) is 5.44. The predicted octanol–water partition coefficient (Wildman–Crippen LogP) is 1.18. The zero-order chi connectivity index (χ0) is 14.5. The summed E-state index contributed by atoms with van der Waals surface area (Å²) in [5, 5.41) is 10.2. The molecule has 0 heterocycles. The van der Waals surface area contributed by atoms with Gasteiger partial charge in [0.25, 0.3) is 5.91 Å². The van der Waals surface area contributed by atoms with E-state index >= 15 is 0 Å². The molecule has 0 aliphatic heterocycles. The van der Waals surface area contributed by atoms with Gasteiger partial charge in [-0.15, -0.1) is 12.3 Å². The van der Waals surface area contributed by atoms with Crippen molar-refractivity contribution >= 4 is 12.0 Å². The molecule has 0 aromatic rings. The first-order valence-corrected chi connectivity index (χ1v) is 5.44. The van der Waals surface area contributed by atoms with Crippen LogP contribution in [0.3, 0.4) is 0 Å². The Morgan fingerprint density at radius 1 is 1.44 bits per heavy atom. The summed E-state index contributed by atoms with van der Waals surface area (Å²) in [7, 11) is 2.74. The molecule has 0 aromatic heterocycles. The van der Waals surface area contributed by atoms with E-state index in [9.17, 15) is 14.7 Å². The van der Waals surface area contributed by atoms with Gasteiger partial charge in [0.15, 0.2) is 0 Å². The molecule has 1 N–H and O–H groups in total. The van der Waals surface area contributed by atoms with E-state index in [1.54, 1.807) is 20.8 Å². The number of terminal acetylenes is 1. The number of hydroxylamine groups is 2. The van der Waals surface area contributed by atoms with Crippen LogP contribution in [0, 0.1) is 12.3 Å². The van der Waals surface area contributed by atoms with Crippen LogP contribution in [-0.2, 0) is 9.63 Å². The lowest BCUT2D eigenvalue weighted by Gasteiger charge is -2.39. The molecule has 1 unspecified atom stereocenters. The third kappa shape index (κ3) is 3.93. The van der Waals surface area contributed by atoms with Crippen molar-refractivity contribution in [2.45, 2.75) is 38.8 Å². The van der Waals surface area contributed by atoms with Gasteiger partial charge in [-0.25, -0.2) is 9.86 Å². The van der Waals surface area contributed by atoms with Crippen molar-refractivity contribution in [3.8, 4) is 12.3 Å². The minimum atomic E-state index is -1.19. The number of carbonyl (C=O) groups is 2. The van der Waals surface area contributed by atoms with Crippen molar-refractivity contribution in [1.29, 1.82) is 0 Å². The molecule has 6 nitrogen and oxygen atoms in total. The maximum atomic E-state index is 12.1. The molecule has 0 radical (unpaired) electrons. The Bertz CT molecular complexity index is 354.